The van der Waals surface area contributed by atoms with Gasteiger partial charge in [0.1, 0.15) is 5.75 Å². The summed E-state index contributed by atoms with van der Waals surface area (Å²) in [7, 11) is 1.42. The standard InChI is InChI=1S/C20H24N2O5/c1-5-13(2)16-8-6-7-9-17(16)21-20(23)14(3)27-19-11-10-15(26-4)12-18(19)22(24)25/h6-14H,5H2,1-4H3,(H,21,23)/t13-,14-/m1/s1. The van der Waals surface area contributed by atoms with Gasteiger partial charge in [-0.1, -0.05) is 32.0 Å². The lowest BCUT2D eigenvalue weighted by atomic mass is 9.97. The minimum absolute atomic E-state index is 0.0126. The maximum atomic E-state index is 12.6. The van der Waals surface area contributed by atoms with Crippen LogP contribution in [0.4, 0.5) is 11.4 Å². The van der Waals surface area contributed by atoms with E-state index in [1.165, 1.54) is 19.2 Å². The van der Waals surface area contributed by atoms with Crippen molar-refractivity contribution in [2.45, 2.75) is 39.2 Å². The third kappa shape index (κ3) is 4.97. The van der Waals surface area contributed by atoms with Crippen molar-refractivity contribution in [1.29, 1.82) is 0 Å². The summed E-state index contributed by atoms with van der Waals surface area (Å²) in [6.45, 7) is 5.72. The molecule has 7 nitrogen and oxygen atoms in total. The number of carbonyl (C=O) groups excluding carboxylic acids is 1. The van der Waals surface area contributed by atoms with Gasteiger partial charge in [0.2, 0.25) is 0 Å². The average molecular weight is 372 g/mol. The van der Waals surface area contributed by atoms with Gasteiger partial charge in [0.15, 0.2) is 11.9 Å². The fourth-order valence-corrected chi connectivity index (χ4v) is 2.61. The van der Waals surface area contributed by atoms with Crippen molar-refractivity contribution in [2.24, 2.45) is 0 Å². The molecule has 7 heteroatoms. The summed E-state index contributed by atoms with van der Waals surface area (Å²) in [6.07, 6.45) is 0.0267. The van der Waals surface area contributed by atoms with Gasteiger partial charge in [0.05, 0.1) is 18.1 Å². The third-order valence-electron chi connectivity index (χ3n) is 4.40. The number of para-hydroxylation sites is 1. The maximum absolute atomic E-state index is 12.6. The molecule has 144 valence electrons. The van der Waals surface area contributed by atoms with Crippen LogP contribution >= 0.6 is 0 Å². The molecular formula is C20H24N2O5. The Morgan fingerprint density at radius 2 is 1.93 bits per heavy atom. The SMILES string of the molecule is CC[C@@H](C)c1ccccc1NC(=O)[C@@H](C)Oc1ccc(OC)cc1[N+](=O)[O-]. The number of hydrogen-bond donors (Lipinski definition) is 1. The van der Waals surface area contributed by atoms with Crippen molar-refractivity contribution < 1.29 is 19.2 Å². The molecule has 0 saturated carbocycles. The molecule has 2 aromatic carbocycles. The molecule has 27 heavy (non-hydrogen) atoms. The summed E-state index contributed by atoms with van der Waals surface area (Å²) in [5.74, 6) is 0.267. The largest absolute Gasteiger partial charge is 0.496 e. The summed E-state index contributed by atoms with van der Waals surface area (Å²) in [5.41, 5.74) is 1.50. The van der Waals surface area contributed by atoms with Gasteiger partial charge in [-0.2, -0.15) is 0 Å². The van der Waals surface area contributed by atoms with Crippen LogP contribution in [0.25, 0.3) is 0 Å². The molecule has 2 rings (SSSR count). The normalized spacial score (nSPS) is 12.7. The number of benzene rings is 2. The summed E-state index contributed by atoms with van der Waals surface area (Å²) < 4.78 is 10.6. The van der Waals surface area contributed by atoms with Crippen LogP contribution in [0.3, 0.4) is 0 Å². The molecule has 0 spiro atoms. The second-order valence-corrected chi connectivity index (χ2v) is 6.24. The van der Waals surface area contributed by atoms with Crippen molar-refractivity contribution in [2.75, 3.05) is 12.4 Å². The first-order valence-corrected chi connectivity index (χ1v) is 8.76. The Kier molecular flexibility index (Phi) is 6.76. The van der Waals surface area contributed by atoms with Crippen LogP contribution in [0.5, 0.6) is 11.5 Å². The monoisotopic (exact) mass is 372 g/mol. The molecule has 0 bridgehead atoms. The van der Waals surface area contributed by atoms with Crippen LogP contribution in [0.2, 0.25) is 0 Å². The van der Waals surface area contributed by atoms with Crippen LogP contribution in [0.15, 0.2) is 42.5 Å². The van der Waals surface area contributed by atoms with E-state index in [0.717, 1.165) is 17.7 Å². The quantitative estimate of drug-likeness (QED) is 0.543. The number of nitro groups is 1. The number of ether oxygens (including phenoxy) is 2. The van der Waals surface area contributed by atoms with E-state index in [-0.39, 0.29) is 17.3 Å². The summed E-state index contributed by atoms with van der Waals surface area (Å²) >= 11 is 0. The van der Waals surface area contributed by atoms with Gasteiger partial charge < -0.3 is 14.8 Å². The van der Waals surface area contributed by atoms with Gasteiger partial charge in [-0.05, 0) is 43.0 Å². The van der Waals surface area contributed by atoms with E-state index in [4.69, 9.17) is 9.47 Å². The zero-order chi connectivity index (χ0) is 20.0. The van der Waals surface area contributed by atoms with Gasteiger partial charge in [-0.15, -0.1) is 0 Å². The molecule has 0 saturated heterocycles. The lowest BCUT2D eigenvalue weighted by Gasteiger charge is -2.18. The Balaban J connectivity index is 2.17. The molecule has 0 aromatic heterocycles. The Morgan fingerprint density at radius 3 is 2.56 bits per heavy atom. The number of nitro benzene ring substituents is 1. The molecule has 0 radical (unpaired) electrons. The van der Waals surface area contributed by atoms with Crippen LogP contribution in [-0.2, 0) is 4.79 Å². The number of nitrogens with one attached hydrogen (secondary N) is 1. The fraction of sp³-hybridized carbons (Fsp3) is 0.350. The average Bonchev–Trinajstić information content (AvgIpc) is 2.67. The van der Waals surface area contributed by atoms with Gasteiger partial charge in [0.25, 0.3) is 5.91 Å². The zero-order valence-corrected chi connectivity index (χ0v) is 15.9. The Morgan fingerprint density at radius 1 is 1.22 bits per heavy atom. The molecule has 1 amide bonds. The van der Waals surface area contributed by atoms with Crippen molar-refractivity contribution in [3.05, 3.63) is 58.1 Å². The molecule has 0 fully saturated rings. The van der Waals surface area contributed by atoms with Crippen molar-refractivity contribution in [3.63, 3.8) is 0 Å². The van der Waals surface area contributed by atoms with Crippen LogP contribution in [0.1, 0.15) is 38.7 Å². The van der Waals surface area contributed by atoms with Crippen molar-refractivity contribution in [3.8, 4) is 11.5 Å². The molecule has 0 aliphatic carbocycles. The van der Waals surface area contributed by atoms with Crippen molar-refractivity contribution in [1.82, 2.24) is 0 Å². The highest BCUT2D eigenvalue weighted by Gasteiger charge is 2.23. The molecule has 2 atom stereocenters. The minimum atomic E-state index is -0.915. The number of hydrogen-bond acceptors (Lipinski definition) is 5. The summed E-state index contributed by atoms with van der Waals surface area (Å²) in [5, 5.41) is 14.1. The molecule has 0 aliphatic heterocycles. The Bertz CT molecular complexity index is 822. The van der Waals surface area contributed by atoms with Gasteiger partial charge >= 0.3 is 5.69 Å². The highest BCUT2D eigenvalue weighted by Crippen LogP contribution is 2.32. The predicted octanol–water partition coefficient (Wildman–Crippen LogP) is 4.52. The first-order chi connectivity index (χ1) is 12.9. The first kappa shape index (κ1) is 20.2. The minimum Gasteiger partial charge on any atom is -0.496 e. The van der Waals surface area contributed by atoms with Crippen LogP contribution in [-0.4, -0.2) is 24.0 Å². The van der Waals surface area contributed by atoms with E-state index >= 15 is 0 Å². The second kappa shape index (κ2) is 9.02. The Hall–Kier alpha value is -3.09. The number of carbonyl (C=O) groups is 1. The highest BCUT2D eigenvalue weighted by atomic mass is 16.6. The van der Waals surface area contributed by atoms with Gasteiger partial charge in [0, 0.05) is 5.69 Å². The van der Waals surface area contributed by atoms with Crippen LogP contribution < -0.4 is 14.8 Å². The summed E-state index contributed by atoms with van der Waals surface area (Å²) in [4.78, 5) is 23.2. The lowest BCUT2D eigenvalue weighted by Crippen LogP contribution is -2.30. The molecule has 0 aliphatic rings. The van der Waals surface area contributed by atoms with E-state index in [1.54, 1.807) is 13.0 Å². The predicted molar refractivity (Wildman–Crippen MR) is 104 cm³/mol. The first-order valence-electron chi connectivity index (χ1n) is 8.76. The number of methoxy groups -OCH3 is 1. The van der Waals surface area contributed by atoms with Gasteiger partial charge in [-0.3, -0.25) is 14.9 Å². The highest BCUT2D eigenvalue weighted by molar-refractivity contribution is 5.95. The second-order valence-electron chi connectivity index (χ2n) is 6.24. The Labute approximate surface area is 158 Å². The van der Waals surface area contributed by atoms with E-state index in [0.29, 0.717) is 11.7 Å². The molecule has 0 unspecified atom stereocenters. The zero-order valence-electron chi connectivity index (χ0n) is 15.9. The number of anilines is 1. The number of nitrogens with zero attached hydrogens (tertiary/aromatic N) is 1. The van der Waals surface area contributed by atoms with E-state index < -0.39 is 11.0 Å². The van der Waals surface area contributed by atoms with Gasteiger partial charge in [-0.25, -0.2) is 0 Å². The van der Waals surface area contributed by atoms with E-state index in [9.17, 15) is 14.9 Å². The summed E-state index contributed by atoms with van der Waals surface area (Å²) in [6, 6.07) is 11.8. The van der Waals surface area contributed by atoms with E-state index in [1.807, 2.05) is 24.3 Å². The lowest BCUT2D eigenvalue weighted by molar-refractivity contribution is -0.386. The molecular weight excluding hydrogens is 348 g/mol. The molecule has 0 heterocycles. The smallest absolute Gasteiger partial charge is 0.314 e. The molecule has 2 aromatic rings. The van der Waals surface area contributed by atoms with Crippen LogP contribution in [0, 0.1) is 10.1 Å². The number of amides is 1. The van der Waals surface area contributed by atoms with Crippen molar-refractivity contribution >= 4 is 17.3 Å². The topological polar surface area (TPSA) is 90.7 Å². The molecule has 1 N–H and O–H groups in total. The maximum Gasteiger partial charge on any atom is 0.314 e. The fourth-order valence-electron chi connectivity index (χ4n) is 2.61. The third-order valence-corrected chi connectivity index (χ3v) is 4.40. The number of rotatable bonds is 8. The van der Waals surface area contributed by atoms with E-state index in [2.05, 4.69) is 19.2 Å².